The second kappa shape index (κ2) is 9.34. The predicted molar refractivity (Wildman–Crippen MR) is 148 cm³/mol. The van der Waals surface area contributed by atoms with E-state index in [9.17, 15) is 9.59 Å². The molecule has 36 heavy (non-hydrogen) atoms. The van der Waals surface area contributed by atoms with Crippen LogP contribution in [-0.2, 0) is 12.8 Å². The smallest absolute Gasteiger partial charge is 0.267 e. The van der Waals surface area contributed by atoms with Crippen LogP contribution in [0, 0.1) is 11.3 Å². The number of halogens is 1. The second-order valence-electron chi connectivity index (χ2n) is 10.4. The average Bonchev–Trinajstić information content (AvgIpc) is 3.18. The van der Waals surface area contributed by atoms with Gasteiger partial charge in [-0.1, -0.05) is 62.7 Å². The minimum absolute atomic E-state index is 0.222. The van der Waals surface area contributed by atoms with E-state index in [-0.39, 0.29) is 17.1 Å². The van der Waals surface area contributed by atoms with Crippen molar-refractivity contribution in [1.82, 2.24) is 4.98 Å². The molecule has 5 nitrogen and oxygen atoms in total. The summed E-state index contributed by atoms with van der Waals surface area (Å²) in [6.07, 6.45) is 3.01. The molecule has 0 aliphatic heterocycles. The first-order valence-electron chi connectivity index (χ1n) is 12.0. The minimum Gasteiger partial charge on any atom is -0.397 e. The first kappa shape index (κ1) is 24.5. The minimum atomic E-state index is -0.370. The molecule has 0 bridgehead atoms. The highest BCUT2D eigenvalue weighted by Crippen LogP contribution is 2.40. The predicted octanol–water partition coefficient (Wildman–Crippen LogP) is 7.17. The lowest BCUT2D eigenvalue weighted by atomic mass is 9.71. The lowest BCUT2D eigenvalue weighted by molar-refractivity contribution is 0.103. The van der Waals surface area contributed by atoms with Gasteiger partial charge in [-0.25, -0.2) is 4.98 Å². The molecule has 0 saturated heterocycles. The number of nitrogens with two attached hydrogens (primary N) is 1. The van der Waals surface area contributed by atoms with Gasteiger partial charge in [-0.05, 0) is 60.4 Å². The third kappa shape index (κ3) is 4.63. The van der Waals surface area contributed by atoms with E-state index in [1.807, 2.05) is 6.07 Å². The summed E-state index contributed by atoms with van der Waals surface area (Å²) in [7, 11) is 0. The van der Waals surface area contributed by atoms with Crippen molar-refractivity contribution in [1.29, 1.82) is 0 Å². The highest BCUT2D eigenvalue weighted by atomic mass is 35.5. The average molecular weight is 518 g/mol. The topological polar surface area (TPSA) is 85.1 Å². The maximum absolute atomic E-state index is 13.4. The largest absolute Gasteiger partial charge is 0.397 e. The molecule has 3 N–H and O–H groups in total. The van der Waals surface area contributed by atoms with Crippen molar-refractivity contribution < 1.29 is 9.59 Å². The van der Waals surface area contributed by atoms with Gasteiger partial charge in [-0.3, -0.25) is 9.59 Å². The molecule has 0 fully saturated rings. The number of carbonyl (C=O) groups excluding carboxylic acids is 2. The van der Waals surface area contributed by atoms with Gasteiger partial charge < -0.3 is 11.1 Å². The third-order valence-corrected chi connectivity index (χ3v) is 8.38. The van der Waals surface area contributed by atoms with Crippen LogP contribution in [-0.4, -0.2) is 16.7 Å². The molecule has 1 aliphatic rings. The van der Waals surface area contributed by atoms with E-state index in [0.717, 1.165) is 35.2 Å². The molecule has 0 unspecified atom stereocenters. The van der Waals surface area contributed by atoms with Crippen LogP contribution in [0.4, 0.5) is 11.4 Å². The normalized spacial score (nSPS) is 15.5. The van der Waals surface area contributed by atoms with Crippen LogP contribution in [0.5, 0.6) is 0 Å². The monoisotopic (exact) mass is 517 g/mol. The van der Waals surface area contributed by atoms with Gasteiger partial charge in [0, 0.05) is 27.2 Å². The summed E-state index contributed by atoms with van der Waals surface area (Å²) in [4.78, 5) is 32.5. The number of nitrogens with one attached hydrogen (secondary N) is 1. The number of anilines is 2. The summed E-state index contributed by atoms with van der Waals surface area (Å²) in [5.41, 5.74) is 10.7. The third-order valence-electron chi connectivity index (χ3n) is 7.03. The van der Waals surface area contributed by atoms with Gasteiger partial charge in [0.15, 0.2) is 5.78 Å². The molecule has 0 radical (unpaired) electrons. The molecule has 2 aromatic carbocycles. The number of hydrogen-bond donors (Lipinski definition) is 2. The van der Waals surface area contributed by atoms with Crippen molar-refractivity contribution in [2.75, 3.05) is 11.1 Å². The number of fused-ring (bicyclic) bond motifs is 2. The number of amides is 1. The number of nitrogens with zero attached hydrogens (tertiary/aromatic N) is 1. The number of pyridine rings is 1. The molecule has 4 aromatic rings. The zero-order valence-electron chi connectivity index (χ0n) is 20.5. The Morgan fingerprint density at radius 2 is 1.86 bits per heavy atom. The Morgan fingerprint density at radius 3 is 2.58 bits per heavy atom. The Labute approximate surface area is 219 Å². The van der Waals surface area contributed by atoms with Crippen molar-refractivity contribution in [2.45, 2.75) is 40.0 Å². The standard InChI is InChI=1S/C29H28ClN3O2S/c1-29(2,3)18-9-11-22-17(13-18)14-21-24(31)26(36-28(21)33-22)27(35)32-23-12-10-19(30)15-20(23)25(34)16-7-5-4-6-8-16/h4-8,10,12,14-15,18H,9,11,13,31H2,1-3H3,(H,32,35)/t18-/m1/s1. The number of aromatic nitrogens is 1. The molecule has 2 heterocycles. The second-order valence-corrected chi connectivity index (χ2v) is 11.9. The summed E-state index contributed by atoms with van der Waals surface area (Å²) in [6.45, 7) is 6.84. The quantitative estimate of drug-likeness (QED) is 0.281. The number of ketones is 1. The van der Waals surface area contributed by atoms with Crippen LogP contribution in [0.25, 0.3) is 10.2 Å². The number of carbonyl (C=O) groups is 2. The molecule has 1 aliphatic carbocycles. The summed E-state index contributed by atoms with van der Waals surface area (Å²) < 4.78 is 0. The highest BCUT2D eigenvalue weighted by Gasteiger charge is 2.30. The SMILES string of the molecule is CC(C)(C)[C@@H]1CCc2nc3sc(C(=O)Nc4ccc(Cl)cc4C(=O)c4ccccc4)c(N)c3cc2C1. The van der Waals surface area contributed by atoms with E-state index >= 15 is 0 Å². The first-order chi connectivity index (χ1) is 17.1. The summed E-state index contributed by atoms with van der Waals surface area (Å²) in [5.74, 6) is -0.0108. The van der Waals surface area contributed by atoms with Crippen LogP contribution in [0.1, 0.15) is 64.0 Å². The number of benzene rings is 2. The Kier molecular flexibility index (Phi) is 6.35. The van der Waals surface area contributed by atoms with Gasteiger partial charge in [0.25, 0.3) is 5.91 Å². The maximum Gasteiger partial charge on any atom is 0.267 e. The van der Waals surface area contributed by atoms with E-state index in [1.54, 1.807) is 42.5 Å². The van der Waals surface area contributed by atoms with E-state index in [2.05, 4.69) is 32.2 Å². The summed E-state index contributed by atoms with van der Waals surface area (Å²) in [6, 6.07) is 15.9. The maximum atomic E-state index is 13.4. The van der Waals surface area contributed by atoms with Gasteiger partial charge in [0.05, 0.1) is 11.4 Å². The van der Waals surface area contributed by atoms with Crippen LogP contribution >= 0.6 is 22.9 Å². The Hall–Kier alpha value is -3.22. The van der Waals surface area contributed by atoms with Gasteiger partial charge in [0.1, 0.15) is 9.71 Å². The molecule has 1 amide bonds. The van der Waals surface area contributed by atoms with E-state index in [1.165, 1.54) is 16.9 Å². The number of rotatable bonds is 4. The van der Waals surface area contributed by atoms with Crippen molar-refractivity contribution >= 4 is 56.2 Å². The van der Waals surface area contributed by atoms with Crippen molar-refractivity contribution in [3.63, 3.8) is 0 Å². The Morgan fingerprint density at radius 1 is 1.11 bits per heavy atom. The van der Waals surface area contributed by atoms with Crippen LogP contribution in [0.15, 0.2) is 54.6 Å². The highest BCUT2D eigenvalue weighted by molar-refractivity contribution is 7.21. The fourth-order valence-corrected chi connectivity index (χ4v) is 6.00. The van der Waals surface area contributed by atoms with E-state index < -0.39 is 0 Å². The molecular formula is C29H28ClN3O2S. The van der Waals surface area contributed by atoms with Gasteiger partial charge in [-0.2, -0.15) is 0 Å². The molecule has 0 spiro atoms. The lowest BCUT2D eigenvalue weighted by Gasteiger charge is -2.34. The Balaban J connectivity index is 1.47. The number of aryl methyl sites for hydroxylation is 1. The van der Waals surface area contributed by atoms with Crippen molar-refractivity contribution in [3.05, 3.63) is 86.9 Å². The number of thiophene rings is 1. The lowest BCUT2D eigenvalue weighted by Crippen LogP contribution is -2.27. The molecule has 5 rings (SSSR count). The fourth-order valence-electron chi connectivity index (χ4n) is 4.84. The molecule has 0 saturated carbocycles. The molecular weight excluding hydrogens is 490 g/mol. The van der Waals surface area contributed by atoms with Crippen LogP contribution in [0.2, 0.25) is 5.02 Å². The van der Waals surface area contributed by atoms with E-state index in [0.29, 0.717) is 38.3 Å². The molecule has 7 heteroatoms. The Bertz CT molecular complexity index is 1490. The number of hydrogen-bond acceptors (Lipinski definition) is 5. The van der Waals surface area contributed by atoms with E-state index in [4.69, 9.17) is 22.3 Å². The number of nitrogen functional groups attached to an aromatic ring is 1. The first-order valence-corrected chi connectivity index (χ1v) is 13.2. The zero-order valence-corrected chi connectivity index (χ0v) is 22.1. The van der Waals surface area contributed by atoms with Gasteiger partial charge in [0.2, 0.25) is 0 Å². The summed E-state index contributed by atoms with van der Waals surface area (Å²) in [5, 5.41) is 4.12. The zero-order chi connectivity index (χ0) is 25.6. The molecule has 184 valence electrons. The van der Waals surface area contributed by atoms with Crippen LogP contribution < -0.4 is 11.1 Å². The summed E-state index contributed by atoms with van der Waals surface area (Å²) >= 11 is 7.47. The molecule has 1 atom stereocenters. The van der Waals surface area contributed by atoms with Crippen LogP contribution in [0.3, 0.4) is 0 Å². The van der Waals surface area contributed by atoms with Crippen molar-refractivity contribution in [3.8, 4) is 0 Å². The van der Waals surface area contributed by atoms with Gasteiger partial charge >= 0.3 is 0 Å². The van der Waals surface area contributed by atoms with Gasteiger partial charge in [-0.15, -0.1) is 11.3 Å². The van der Waals surface area contributed by atoms with Crippen molar-refractivity contribution in [2.24, 2.45) is 11.3 Å². The fraction of sp³-hybridized carbons (Fsp3) is 0.276. The molecule has 2 aromatic heterocycles.